The van der Waals surface area contributed by atoms with Crippen LogP contribution in [0.4, 0.5) is 0 Å². The minimum Gasteiger partial charge on any atom is -0.342 e. The SMILES string of the molecule is Brc1cccnc1Cc1c[nH][c]n1. The fraction of sp³-hybridized carbons (Fsp3) is 0.111. The maximum Gasteiger partial charge on any atom is 0.173 e. The van der Waals surface area contributed by atoms with Gasteiger partial charge >= 0.3 is 0 Å². The number of hydrogen-bond donors (Lipinski definition) is 1. The molecule has 1 N–H and O–H groups in total. The van der Waals surface area contributed by atoms with Gasteiger partial charge in [0, 0.05) is 23.3 Å². The van der Waals surface area contributed by atoms with E-state index in [4.69, 9.17) is 0 Å². The Bertz CT molecular complexity index is 384. The standard InChI is InChI=1S/C9H7BrN3/c10-8-2-1-3-12-9(8)4-7-5-11-6-13-7/h1-3,5H,4H2,(H,11,13). The quantitative estimate of drug-likeness (QED) is 0.867. The molecule has 2 rings (SSSR count). The van der Waals surface area contributed by atoms with Gasteiger partial charge in [0.1, 0.15) is 0 Å². The van der Waals surface area contributed by atoms with Gasteiger partial charge in [-0.15, -0.1) is 0 Å². The molecule has 4 heteroatoms. The highest BCUT2D eigenvalue weighted by molar-refractivity contribution is 9.10. The van der Waals surface area contributed by atoms with E-state index in [0.29, 0.717) is 0 Å². The summed E-state index contributed by atoms with van der Waals surface area (Å²) < 4.78 is 1.01. The first-order chi connectivity index (χ1) is 6.36. The van der Waals surface area contributed by atoms with Crippen molar-refractivity contribution in [2.75, 3.05) is 0 Å². The van der Waals surface area contributed by atoms with Gasteiger partial charge in [0.2, 0.25) is 0 Å². The first-order valence-corrected chi connectivity index (χ1v) is 4.65. The Labute approximate surface area is 84.4 Å². The van der Waals surface area contributed by atoms with Gasteiger partial charge in [-0.05, 0) is 28.1 Å². The lowest BCUT2D eigenvalue weighted by atomic mass is 10.2. The van der Waals surface area contributed by atoms with E-state index in [1.165, 1.54) is 0 Å². The molecule has 0 amide bonds. The number of nitrogens with zero attached hydrogens (tertiary/aromatic N) is 2. The summed E-state index contributed by atoms with van der Waals surface area (Å²) in [5.41, 5.74) is 1.93. The van der Waals surface area contributed by atoms with Crippen molar-refractivity contribution >= 4 is 15.9 Å². The molecule has 65 valence electrons. The highest BCUT2D eigenvalue weighted by Gasteiger charge is 2.02. The second kappa shape index (κ2) is 3.70. The molecule has 2 aromatic rings. The number of aromatic nitrogens is 3. The van der Waals surface area contributed by atoms with Gasteiger partial charge in [-0.2, -0.15) is 0 Å². The van der Waals surface area contributed by atoms with Crippen LogP contribution in [0.15, 0.2) is 29.0 Å². The predicted octanol–water partition coefficient (Wildman–Crippen LogP) is 1.96. The van der Waals surface area contributed by atoms with Crippen molar-refractivity contribution in [3.8, 4) is 0 Å². The van der Waals surface area contributed by atoms with Crippen LogP contribution in [-0.4, -0.2) is 15.0 Å². The summed E-state index contributed by atoms with van der Waals surface area (Å²) in [6.45, 7) is 0. The molecule has 2 aromatic heterocycles. The van der Waals surface area contributed by atoms with Crippen LogP contribution in [-0.2, 0) is 6.42 Å². The number of H-pyrrole nitrogens is 1. The minimum atomic E-state index is 0.724. The zero-order valence-corrected chi connectivity index (χ0v) is 8.37. The van der Waals surface area contributed by atoms with Gasteiger partial charge in [-0.1, -0.05) is 0 Å². The summed E-state index contributed by atoms with van der Waals surface area (Å²) in [6, 6.07) is 3.86. The smallest absolute Gasteiger partial charge is 0.173 e. The van der Waals surface area contributed by atoms with Crippen molar-refractivity contribution in [3.63, 3.8) is 0 Å². The van der Waals surface area contributed by atoms with Crippen molar-refractivity contribution in [2.24, 2.45) is 0 Å². The fourth-order valence-electron chi connectivity index (χ4n) is 1.06. The Morgan fingerprint density at radius 3 is 3.15 bits per heavy atom. The second-order valence-electron chi connectivity index (χ2n) is 2.61. The van der Waals surface area contributed by atoms with E-state index in [0.717, 1.165) is 22.3 Å². The van der Waals surface area contributed by atoms with Crippen molar-refractivity contribution in [1.29, 1.82) is 0 Å². The van der Waals surface area contributed by atoms with Crippen LogP contribution < -0.4 is 0 Å². The Balaban J connectivity index is 2.24. The van der Waals surface area contributed by atoms with Crippen molar-refractivity contribution in [2.45, 2.75) is 6.42 Å². The molecule has 0 bridgehead atoms. The van der Waals surface area contributed by atoms with Crippen molar-refractivity contribution < 1.29 is 0 Å². The fourth-order valence-corrected chi connectivity index (χ4v) is 1.46. The van der Waals surface area contributed by atoms with Crippen LogP contribution in [0.3, 0.4) is 0 Å². The normalized spacial score (nSPS) is 10.2. The number of hydrogen-bond acceptors (Lipinski definition) is 2. The number of imidazole rings is 1. The molecule has 1 radical (unpaired) electrons. The minimum absolute atomic E-state index is 0.724. The molecule has 0 unspecified atom stereocenters. The molecule has 0 saturated heterocycles. The second-order valence-corrected chi connectivity index (χ2v) is 3.47. The number of halogens is 1. The van der Waals surface area contributed by atoms with Crippen LogP contribution in [0, 0.1) is 6.33 Å². The lowest BCUT2D eigenvalue weighted by molar-refractivity contribution is 1.02. The Morgan fingerprint density at radius 2 is 2.46 bits per heavy atom. The van der Waals surface area contributed by atoms with Crippen LogP contribution in [0.2, 0.25) is 0 Å². The Kier molecular flexibility index (Phi) is 2.40. The van der Waals surface area contributed by atoms with Gasteiger partial charge in [0.05, 0.1) is 11.4 Å². The van der Waals surface area contributed by atoms with Gasteiger partial charge in [-0.25, -0.2) is 4.98 Å². The predicted molar refractivity (Wildman–Crippen MR) is 52.2 cm³/mol. The summed E-state index contributed by atoms with van der Waals surface area (Å²) in [5, 5.41) is 0. The van der Waals surface area contributed by atoms with Crippen LogP contribution in [0.25, 0.3) is 0 Å². The van der Waals surface area contributed by atoms with E-state index in [1.807, 2.05) is 18.3 Å². The van der Waals surface area contributed by atoms with Gasteiger partial charge in [-0.3, -0.25) is 4.98 Å². The molecule has 2 heterocycles. The highest BCUT2D eigenvalue weighted by atomic mass is 79.9. The van der Waals surface area contributed by atoms with E-state index >= 15 is 0 Å². The molecule has 0 aliphatic heterocycles. The highest BCUT2D eigenvalue weighted by Crippen LogP contribution is 2.15. The van der Waals surface area contributed by atoms with E-state index in [1.54, 1.807) is 6.20 Å². The summed E-state index contributed by atoms with van der Waals surface area (Å²) >= 11 is 3.43. The van der Waals surface area contributed by atoms with Crippen LogP contribution in [0.1, 0.15) is 11.4 Å². The molecular formula is C9H7BrN3. The van der Waals surface area contributed by atoms with Crippen molar-refractivity contribution in [3.05, 3.63) is 46.7 Å². The maximum atomic E-state index is 4.24. The number of aromatic amines is 1. The Morgan fingerprint density at radius 1 is 1.54 bits per heavy atom. The summed E-state index contributed by atoms with van der Waals surface area (Å²) in [6.07, 6.45) is 6.97. The first-order valence-electron chi connectivity index (χ1n) is 3.86. The molecule has 0 saturated carbocycles. The van der Waals surface area contributed by atoms with Crippen molar-refractivity contribution in [1.82, 2.24) is 15.0 Å². The molecule has 0 fully saturated rings. The molecular weight excluding hydrogens is 230 g/mol. The molecule has 0 aliphatic rings. The number of pyridine rings is 1. The third-order valence-corrected chi connectivity index (χ3v) is 2.41. The molecule has 0 aliphatic carbocycles. The van der Waals surface area contributed by atoms with Gasteiger partial charge in [0.15, 0.2) is 6.33 Å². The summed E-state index contributed by atoms with van der Waals surface area (Å²) in [7, 11) is 0. The third kappa shape index (κ3) is 1.95. The van der Waals surface area contributed by atoms with Gasteiger partial charge < -0.3 is 4.98 Å². The summed E-state index contributed by atoms with van der Waals surface area (Å²) in [5.74, 6) is 0. The first kappa shape index (κ1) is 8.44. The molecule has 0 spiro atoms. The average Bonchev–Trinajstić information content (AvgIpc) is 2.61. The third-order valence-electron chi connectivity index (χ3n) is 1.69. The van der Waals surface area contributed by atoms with E-state index in [2.05, 4.69) is 37.2 Å². The molecule has 0 atom stereocenters. The monoisotopic (exact) mass is 236 g/mol. The zero-order valence-electron chi connectivity index (χ0n) is 6.79. The average molecular weight is 237 g/mol. The van der Waals surface area contributed by atoms with Crippen LogP contribution >= 0.6 is 15.9 Å². The lowest BCUT2D eigenvalue weighted by Gasteiger charge is -1.99. The van der Waals surface area contributed by atoms with Crippen LogP contribution in [0.5, 0.6) is 0 Å². The van der Waals surface area contributed by atoms with E-state index in [-0.39, 0.29) is 0 Å². The molecule has 13 heavy (non-hydrogen) atoms. The van der Waals surface area contributed by atoms with E-state index in [9.17, 15) is 0 Å². The molecule has 0 aromatic carbocycles. The maximum absolute atomic E-state index is 4.24. The topological polar surface area (TPSA) is 41.6 Å². The lowest BCUT2D eigenvalue weighted by Crippen LogP contribution is -1.92. The number of nitrogens with one attached hydrogen (secondary N) is 1. The van der Waals surface area contributed by atoms with Gasteiger partial charge in [0.25, 0.3) is 0 Å². The number of rotatable bonds is 2. The largest absolute Gasteiger partial charge is 0.342 e. The van der Waals surface area contributed by atoms with E-state index < -0.39 is 0 Å². The summed E-state index contributed by atoms with van der Waals surface area (Å²) in [4.78, 5) is 11.0. The Hall–Kier alpha value is -1.16. The molecule has 3 nitrogen and oxygen atoms in total. The zero-order chi connectivity index (χ0) is 9.10.